The topological polar surface area (TPSA) is 0 Å². The second-order valence-corrected chi connectivity index (χ2v) is 12.3. The SMILES string of the molecule is CCC1c2cc3ccccc3cc2-c2cc3ccccc3cc21.[Cl-].[Cl-].[Zr+3].c1ccc2cc3c(cc2c1)[cH-]c1cc2ccccc2cc13. The van der Waals surface area contributed by atoms with E-state index in [-0.39, 0.29) is 51.0 Å². The Morgan fingerprint density at radius 2 is 0.723 bits per heavy atom. The Kier molecular flexibility index (Phi) is 9.37. The van der Waals surface area contributed by atoms with Crippen molar-refractivity contribution in [2.75, 3.05) is 0 Å². The average molecular weight is 722 g/mol. The van der Waals surface area contributed by atoms with Crippen LogP contribution >= 0.6 is 0 Å². The molecule has 0 heterocycles. The number of hydrogen-bond acceptors (Lipinski definition) is 0. The Hall–Kier alpha value is -3.87. The van der Waals surface area contributed by atoms with Gasteiger partial charge in [0, 0.05) is 5.92 Å². The molecular weight excluding hydrogens is 691 g/mol. The van der Waals surface area contributed by atoms with E-state index in [1.54, 1.807) is 0 Å². The van der Waals surface area contributed by atoms with E-state index in [2.05, 4.69) is 159 Å². The summed E-state index contributed by atoms with van der Waals surface area (Å²) in [7, 11) is 0. The molecule has 10 rings (SSSR count). The van der Waals surface area contributed by atoms with Gasteiger partial charge in [0.15, 0.2) is 0 Å². The van der Waals surface area contributed by atoms with Crippen LogP contribution in [0.3, 0.4) is 0 Å². The summed E-state index contributed by atoms with van der Waals surface area (Å²) in [5.74, 6) is 0.522. The van der Waals surface area contributed by atoms with E-state index >= 15 is 0 Å². The number of fused-ring (bicyclic) bond motifs is 10. The summed E-state index contributed by atoms with van der Waals surface area (Å²) >= 11 is 0. The molecule has 0 N–H and O–H groups in total. The summed E-state index contributed by atoms with van der Waals surface area (Å²) in [6.07, 6.45) is 1.15. The Morgan fingerprint density at radius 1 is 0.426 bits per heavy atom. The molecule has 0 atom stereocenters. The van der Waals surface area contributed by atoms with Crippen LogP contribution < -0.4 is 24.8 Å². The molecule has 3 heteroatoms. The maximum Gasteiger partial charge on any atom is 3.00 e. The third-order valence-corrected chi connectivity index (χ3v) is 9.72. The molecule has 1 aliphatic rings. The van der Waals surface area contributed by atoms with E-state index in [4.69, 9.17) is 0 Å². The molecule has 225 valence electrons. The number of halogens is 2. The van der Waals surface area contributed by atoms with Gasteiger partial charge in [0.2, 0.25) is 0 Å². The van der Waals surface area contributed by atoms with Gasteiger partial charge in [-0.05, 0) is 85.3 Å². The maximum absolute atomic E-state index is 2.41. The first-order chi connectivity index (χ1) is 21.7. The van der Waals surface area contributed by atoms with Crippen LogP contribution in [0.2, 0.25) is 0 Å². The number of benzene rings is 8. The molecule has 1 aliphatic carbocycles. The molecule has 9 aromatic rings. The summed E-state index contributed by atoms with van der Waals surface area (Å²) in [6, 6.07) is 55.7. The van der Waals surface area contributed by atoms with Gasteiger partial charge in [-0.25, -0.2) is 0 Å². The molecule has 0 fully saturated rings. The van der Waals surface area contributed by atoms with Crippen LogP contribution in [0.4, 0.5) is 0 Å². The molecule has 0 saturated carbocycles. The zero-order chi connectivity index (χ0) is 29.2. The third-order valence-electron chi connectivity index (χ3n) is 9.72. The van der Waals surface area contributed by atoms with Crippen molar-refractivity contribution in [2.24, 2.45) is 0 Å². The second kappa shape index (κ2) is 13.3. The van der Waals surface area contributed by atoms with Crippen LogP contribution in [-0.4, -0.2) is 0 Å². The Balaban J connectivity index is 0.000000155. The van der Waals surface area contributed by atoms with Crippen molar-refractivity contribution in [1.29, 1.82) is 0 Å². The molecule has 47 heavy (non-hydrogen) atoms. The molecule has 0 aliphatic heterocycles. The van der Waals surface area contributed by atoms with E-state index in [0.717, 1.165) is 6.42 Å². The monoisotopic (exact) mass is 719 g/mol. The van der Waals surface area contributed by atoms with Gasteiger partial charge >= 0.3 is 26.2 Å². The van der Waals surface area contributed by atoms with E-state index in [9.17, 15) is 0 Å². The van der Waals surface area contributed by atoms with Crippen LogP contribution in [0.25, 0.3) is 75.8 Å². The fourth-order valence-corrected chi connectivity index (χ4v) is 7.55. The minimum atomic E-state index is 0. The van der Waals surface area contributed by atoms with Crippen molar-refractivity contribution < 1.29 is 51.0 Å². The second-order valence-electron chi connectivity index (χ2n) is 12.3. The van der Waals surface area contributed by atoms with Gasteiger partial charge in [0.05, 0.1) is 0 Å². The first kappa shape index (κ1) is 33.0. The number of rotatable bonds is 1. The third kappa shape index (κ3) is 5.59. The fourth-order valence-electron chi connectivity index (χ4n) is 7.55. The molecule has 0 amide bonds. The molecule has 1 radical (unpaired) electrons. The first-order valence-corrected chi connectivity index (χ1v) is 15.7. The normalized spacial score (nSPS) is 11.9. The molecule has 0 saturated heterocycles. The summed E-state index contributed by atoms with van der Waals surface area (Å²) in [5.41, 5.74) is 5.85. The van der Waals surface area contributed by atoms with Gasteiger partial charge in [0.25, 0.3) is 0 Å². The zero-order valence-corrected chi connectivity index (χ0v) is 29.9. The molecule has 0 unspecified atom stereocenters. The summed E-state index contributed by atoms with van der Waals surface area (Å²) in [5, 5.41) is 16.0. The van der Waals surface area contributed by atoms with Gasteiger partial charge in [-0.3, -0.25) is 0 Å². The predicted octanol–water partition coefficient (Wildman–Crippen LogP) is 6.54. The van der Waals surface area contributed by atoms with Crippen LogP contribution in [0.1, 0.15) is 30.4 Å². The van der Waals surface area contributed by atoms with Gasteiger partial charge in [-0.1, -0.05) is 127 Å². The van der Waals surface area contributed by atoms with Gasteiger partial charge in [0.1, 0.15) is 0 Å². The van der Waals surface area contributed by atoms with Gasteiger partial charge < -0.3 is 24.8 Å². The first-order valence-electron chi connectivity index (χ1n) is 15.7. The van der Waals surface area contributed by atoms with Crippen molar-refractivity contribution in [1.82, 2.24) is 0 Å². The van der Waals surface area contributed by atoms with Crippen molar-refractivity contribution in [2.45, 2.75) is 19.3 Å². The molecule has 0 nitrogen and oxygen atoms in total. The van der Waals surface area contributed by atoms with Gasteiger partial charge in [-0.2, -0.15) is 0 Å². The Morgan fingerprint density at radius 3 is 1.06 bits per heavy atom. The molecule has 0 spiro atoms. The van der Waals surface area contributed by atoms with Crippen molar-refractivity contribution in [3.63, 3.8) is 0 Å². The van der Waals surface area contributed by atoms with Crippen LogP contribution in [-0.2, 0) is 26.2 Å². The number of hydrogen-bond donors (Lipinski definition) is 0. The van der Waals surface area contributed by atoms with Crippen LogP contribution in [0, 0.1) is 0 Å². The maximum atomic E-state index is 2.41. The van der Waals surface area contributed by atoms with Crippen LogP contribution in [0.15, 0.2) is 152 Å². The summed E-state index contributed by atoms with van der Waals surface area (Å²) in [4.78, 5) is 0. The average Bonchev–Trinajstić information content (AvgIpc) is 3.57. The minimum Gasteiger partial charge on any atom is -1.00 e. The van der Waals surface area contributed by atoms with Crippen LogP contribution in [0.5, 0.6) is 0 Å². The predicted molar refractivity (Wildman–Crippen MR) is 191 cm³/mol. The molecule has 0 aromatic heterocycles. The molecular formula is C44H31Cl2Zr. The molecule has 9 aromatic carbocycles. The van der Waals surface area contributed by atoms with Crippen molar-refractivity contribution in [3.8, 4) is 11.1 Å². The van der Waals surface area contributed by atoms with E-state index in [0.29, 0.717) is 5.92 Å². The minimum absolute atomic E-state index is 0. The summed E-state index contributed by atoms with van der Waals surface area (Å²) in [6.45, 7) is 2.30. The molecule has 0 bridgehead atoms. The largest absolute Gasteiger partial charge is 3.00 e. The van der Waals surface area contributed by atoms with E-state index < -0.39 is 0 Å². The van der Waals surface area contributed by atoms with E-state index in [1.807, 2.05) is 0 Å². The van der Waals surface area contributed by atoms with Gasteiger partial charge in [-0.15, -0.1) is 39.7 Å². The fraction of sp³-hybridized carbons (Fsp3) is 0.0682. The van der Waals surface area contributed by atoms with Crippen molar-refractivity contribution in [3.05, 3.63) is 163 Å². The van der Waals surface area contributed by atoms with E-state index in [1.165, 1.54) is 86.9 Å². The van der Waals surface area contributed by atoms with Crippen molar-refractivity contribution >= 4 is 64.6 Å². The Labute approximate surface area is 306 Å². The standard InChI is InChI=1S/C23H18.C21H13.2ClH.Zr/c1-2-19-20-11-15-7-3-5-9-17(15)13-22(20)23-14-18-10-6-4-8-16(18)12-21(19)23;1-3-7-16-12-20-18(9-14(16)5-1)11-19-10-15-6-2-4-8-17(15)13-21(19)20;;;/h3-14,19H,2H2,1H3;1-13H;2*1H;/q;-1;;;+3/p-2. The zero-order valence-electron chi connectivity index (χ0n) is 26.0. The quantitative estimate of drug-likeness (QED) is 0.169. The summed E-state index contributed by atoms with van der Waals surface area (Å²) < 4.78 is 0. The Bertz CT molecular complexity index is 2390. The smallest absolute Gasteiger partial charge is 1.00 e.